The Hall–Kier alpha value is -3.36. The molecule has 8 heteroatoms. The number of carbonyl (C=O) groups is 1. The highest BCUT2D eigenvalue weighted by Crippen LogP contribution is 2.47. The Balaban J connectivity index is 1.46. The molecule has 35 heavy (non-hydrogen) atoms. The molecule has 2 bridgehead atoms. The number of aliphatic hydroxyl groups excluding tert-OH is 1. The van der Waals surface area contributed by atoms with E-state index in [0.717, 1.165) is 48.8 Å². The van der Waals surface area contributed by atoms with Gasteiger partial charge in [0.05, 0.1) is 23.5 Å². The molecule has 2 N–H and O–H groups in total. The molecular formula is C27H31N4O4+. The highest BCUT2D eigenvalue weighted by Gasteiger charge is 2.55. The first-order chi connectivity index (χ1) is 16.9. The largest absolute Gasteiger partial charge is 0.382 e. The number of carbonyl (C=O) groups excluding carboxylic acids is 1. The summed E-state index contributed by atoms with van der Waals surface area (Å²) in [6, 6.07) is 15.8. The summed E-state index contributed by atoms with van der Waals surface area (Å²) in [5, 5.41) is 26.9. The van der Waals surface area contributed by atoms with Crippen LogP contribution in [-0.2, 0) is 4.79 Å². The lowest BCUT2D eigenvalue weighted by atomic mass is 9.70. The summed E-state index contributed by atoms with van der Waals surface area (Å²) in [5.74, 6) is 0.776. The smallest absolute Gasteiger partial charge is 0.292 e. The zero-order valence-electron chi connectivity index (χ0n) is 19.8. The van der Waals surface area contributed by atoms with Crippen molar-refractivity contribution in [1.82, 2.24) is 4.98 Å². The molecule has 3 fully saturated rings. The van der Waals surface area contributed by atoms with Crippen LogP contribution in [0.5, 0.6) is 0 Å². The first kappa shape index (κ1) is 23.4. The number of benzene rings is 2. The number of quaternary nitrogens is 1. The zero-order chi connectivity index (χ0) is 24.6. The van der Waals surface area contributed by atoms with E-state index < -0.39 is 11.0 Å². The normalized spacial score (nSPS) is 26.4. The lowest BCUT2D eigenvalue weighted by Gasteiger charge is -2.58. The average Bonchev–Trinajstić information content (AvgIpc) is 2.88. The van der Waals surface area contributed by atoms with Gasteiger partial charge in [0.25, 0.3) is 11.6 Å². The van der Waals surface area contributed by atoms with Crippen molar-refractivity contribution >= 4 is 28.2 Å². The number of nitro benzene ring substituents is 1. The van der Waals surface area contributed by atoms with Crippen molar-refractivity contribution in [1.29, 1.82) is 0 Å². The third-order valence-corrected chi connectivity index (χ3v) is 8.18. The second-order valence-electron chi connectivity index (χ2n) is 9.99. The molecule has 8 nitrogen and oxygen atoms in total. The number of hydrogen-bond donors (Lipinski definition) is 2. The Bertz CT molecular complexity index is 1260. The van der Waals surface area contributed by atoms with E-state index >= 15 is 0 Å². The van der Waals surface area contributed by atoms with Gasteiger partial charge in [-0.3, -0.25) is 19.9 Å². The monoisotopic (exact) mass is 475 g/mol. The summed E-state index contributed by atoms with van der Waals surface area (Å²) in [6.45, 7) is 4.02. The Labute approximate surface area is 204 Å². The maximum Gasteiger partial charge on any atom is 0.292 e. The molecule has 3 saturated heterocycles. The number of aromatic nitrogens is 1. The molecule has 1 amide bonds. The third-order valence-electron chi connectivity index (χ3n) is 8.18. The fourth-order valence-corrected chi connectivity index (χ4v) is 6.46. The van der Waals surface area contributed by atoms with Crippen molar-refractivity contribution in [3.05, 3.63) is 76.5 Å². The molecule has 3 aliphatic rings. The van der Waals surface area contributed by atoms with E-state index in [1.807, 2.05) is 30.3 Å². The van der Waals surface area contributed by atoms with Gasteiger partial charge in [-0.15, -0.1) is 0 Å². The highest BCUT2D eigenvalue weighted by atomic mass is 16.6. The minimum absolute atomic E-state index is 0.121. The number of nitro groups is 1. The van der Waals surface area contributed by atoms with E-state index in [1.165, 1.54) is 6.07 Å². The van der Waals surface area contributed by atoms with Crippen LogP contribution in [-0.4, -0.2) is 51.1 Å². The molecule has 6 rings (SSSR count). The van der Waals surface area contributed by atoms with Crippen LogP contribution >= 0.6 is 0 Å². The maximum atomic E-state index is 13.3. The van der Waals surface area contributed by atoms with Crippen molar-refractivity contribution in [2.45, 2.75) is 38.3 Å². The van der Waals surface area contributed by atoms with Crippen LogP contribution in [0.15, 0.2) is 60.8 Å². The van der Waals surface area contributed by atoms with E-state index in [1.54, 1.807) is 24.4 Å². The van der Waals surface area contributed by atoms with Crippen molar-refractivity contribution in [3.63, 3.8) is 0 Å². The van der Waals surface area contributed by atoms with Gasteiger partial charge >= 0.3 is 0 Å². The van der Waals surface area contributed by atoms with Crippen LogP contribution in [0.1, 0.15) is 37.9 Å². The van der Waals surface area contributed by atoms with Gasteiger partial charge in [-0.25, -0.2) is 0 Å². The fourth-order valence-electron chi connectivity index (χ4n) is 6.46. The predicted octanol–water partition coefficient (Wildman–Crippen LogP) is 4.45. The fraction of sp³-hybridized carbons (Fsp3) is 0.407. The number of nitrogens with zero attached hydrogens (tertiary/aromatic N) is 3. The van der Waals surface area contributed by atoms with Gasteiger partial charge in [0.1, 0.15) is 17.8 Å². The quantitative estimate of drug-likeness (QED) is 0.298. The standard InChI is InChI=1S/C27H30N4O4/c1-2-18-16-31(17-26(32)29-23-9-5-6-10-24(23)30(34)35)14-12-19(18)15-25(31)27(33)21-11-13-28-22-8-4-3-7-20(21)22/h3-11,13,18-19,25,27,33H,2,12,14-17H2,1H3/p+1/t18-,19-,25-,27+,31-/m0/s1. The molecule has 2 aromatic carbocycles. The minimum atomic E-state index is -0.734. The van der Waals surface area contributed by atoms with Gasteiger partial charge in [0, 0.05) is 36.4 Å². The summed E-state index contributed by atoms with van der Waals surface area (Å²) in [4.78, 5) is 28.7. The van der Waals surface area contributed by atoms with Crippen molar-refractivity contribution < 1.29 is 19.3 Å². The Kier molecular flexibility index (Phi) is 6.25. The number of piperidine rings is 3. The molecule has 3 aromatic rings. The van der Waals surface area contributed by atoms with Crippen molar-refractivity contribution in [2.24, 2.45) is 11.8 Å². The molecule has 3 aliphatic heterocycles. The summed E-state index contributed by atoms with van der Waals surface area (Å²) in [6.07, 6.45) is 3.92. The third kappa shape index (κ3) is 4.28. The molecule has 0 radical (unpaired) electrons. The summed E-state index contributed by atoms with van der Waals surface area (Å²) >= 11 is 0. The highest BCUT2D eigenvalue weighted by molar-refractivity contribution is 5.93. The Morgan fingerprint density at radius 1 is 1.23 bits per heavy atom. The number of amides is 1. The second kappa shape index (κ2) is 9.36. The van der Waals surface area contributed by atoms with Crippen molar-refractivity contribution in [2.75, 3.05) is 25.0 Å². The lowest BCUT2D eigenvalue weighted by Crippen LogP contribution is -2.70. The topological polar surface area (TPSA) is 105 Å². The Morgan fingerprint density at radius 2 is 2.00 bits per heavy atom. The molecule has 4 heterocycles. The van der Waals surface area contributed by atoms with E-state index in [0.29, 0.717) is 16.3 Å². The van der Waals surface area contributed by atoms with Gasteiger partial charge in [-0.05, 0) is 36.1 Å². The van der Waals surface area contributed by atoms with Crippen LogP contribution < -0.4 is 5.32 Å². The van der Waals surface area contributed by atoms with E-state index in [4.69, 9.17) is 0 Å². The molecule has 1 aromatic heterocycles. The number of para-hydroxylation sites is 3. The SMILES string of the molecule is CC[C@H]1C[N@+]2(CC(=O)Nc3ccccc3[N+](=O)[O-])CC[C@H]1C[C@H]2[C@H](O)c1ccnc2ccccc12. The predicted molar refractivity (Wildman–Crippen MR) is 134 cm³/mol. The number of anilines is 1. The van der Waals surface area contributed by atoms with E-state index in [9.17, 15) is 20.0 Å². The lowest BCUT2D eigenvalue weighted by molar-refractivity contribution is -0.967. The van der Waals surface area contributed by atoms with Crippen LogP contribution in [0, 0.1) is 22.0 Å². The van der Waals surface area contributed by atoms with Gasteiger partial charge in [0.2, 0.25) is 0 Å². The Morgan fingerprint density at radius 3 is 2.80 bits per heavy atom. The second-order valence-corrected chi connectivity index (χ2v) is 9.99. The number of nitrogens with one attached hydrogen (secondary N) is 1. The number of hydrogen-bond acceptors (Lipinski definition) is 5. The molecule has 0 spiro atoms. The van der Waals surface area contributed by atoms with Crippen LogP contribution in [0.4, 0.5) is 11.4 Å². The maximum absolute atomic E-state index is 13.3. The first-order valence-electron chi connectivity index (χ1n) is 12.3. The molecule has 5 atom stereocenters. The molecule has 0 aliphatic carbocycles. The van der Waals surface area contributed by atoms with Gasteiger partial charge < -0.3 is 14.9 Å². The van der Waals surface area contributed by atoms with Crippen molar-refractivity contribution in [3.8, 4) is 0 Å². The average molecular weight is 476 g/mol. The number of pyridine rings is 1. The van der Waals surface area contributed by atoms with Gasteiger partial charge in [0.15, 0.2) is 6.54 Å². The molecule has 0 unspecified atom stereocenters. The summed E-state index contributed by atoms with van der Waals surface area (Å²) in [5.41, 5.74) is 1.77. The van der Waals surface area contributed by atoms with E-state index in [2.05, 4.69) is 17.2 Å². The molecule has 182 valence electrons. The summed E-state index contributed by atoms with van der Waals surface area (Å²) in [7, 11) is 0. The van der Waals surface area contributed by atoms with Gasteiger partial charge in [-0.1, -0.05) is 37.3 Å². The van der Waals surface area contributed by atoms with Gasteiger partial charge in [-0.2, -0.15) is 0 Å². The van der Waals surface area contributed by atoms with E-state index in [-0.39, 0.29) is 29.9 Å². The van der Waals surface area contributed by atoms with Crippen LogP contribution in [0.2, 0.25) is 0 Å². The number of rotatable bonds is 7. The zero-order valence-corrected chi connectivity index (χ0v) is 19.8. The molecule has 0 saturated carbocycles. The van der Waals surface area contributed by atoms with Crippen LogP contribution in [0.3, 0.4) is 0 Å². The summed E-state index contributed by atoms with van der Waals surface area (Å²) < 4.78 is 0.499. The number of fused-ring (bicyclic) bond motifs is 4. The first-order valence-corrected chi connectivity index (χ1v) is 12.3. The molecular weight excluding hydrogens is 444 g/mol. The number of aliphatic hydroxyl groups is 1. The van der Waals surface area contributed by atoms with Crippen LogP contribution in [0.25, 0.3) is 10.9 Å². The minimum Gasteiger partial charge on any atom is -0.382 e.